The van der Waals surface area contributed by atoms with E-state index in [-0.39, 0.29) is 0 Å². The van der Waals surface area contributed by atoms with E-state index in [1.165, 1.54) is 0 Å². The van der Waals surface area contributed by atoms with Gasteiger partial charge in [0.2, 0.25) is 0 Å². The summed E-state index contributed by atoms with van der Waals surface area (Å²) in [5, 5.41) is 0. The second kappa shape index (κ2) is 7.21. The molecule has 0 saturated carbocycles. The fourth-order valence-corrected chi connectivity index (χ4v) is 0.823. The van der Waals surface area contributed by atoms with Crippen LogP contribution in [0.1, 0.15) is 12.8 Å². The van der Waals surface area contributed by atoms with Crippen LogP contribution in [0.2, 0.25) is 0 Å². The quantitative estimate of drug-likeness (QED) is 0.426. The van der Waals surface area contributed by atoms with E-state index in [4.69, 9.17) is 16.0 Å². The maximum absolute atomic E-state index is 5.27. The first-order chi connectivity index (χ1) is 3.91. The van der Waals surface area contributed by atoms with E-state index < -0.39 is 0 Å². The molecule has 0 fully saturated rings. The van der Waals surface area contributed by atoms with Crippen LogP contribution < -0.4 is 0 Å². The molecule has 0 N–H and O–H groups in total. The first-order valence-electron chi connectivity index (χ1n) is 2.66. The molecule has 0 saturated heterocycles. The van der Waals surface area contributed by atoms with Gasteiger partial charge in [-0.25, -0.2) is 0 Å². The molecule has 0 atom stereocenters. The van der Waals surface area contributed by atoms with Crippen molar-refractivity contribution in [2.24, 2.45) is 0 Å². The van der Waals surface area contributed by atoms with Crippen LogP contribution in [0.25, 0.3) is 0 Å². The highest BCUT2D eigenvalue weighted by Gasteiger charge is 1.78. The van der Waals surface area contributed by atoms with Gasteiger partial charge in [-0.1, -0.05) is 17.7 Å². The topological polar surface area (TPSA) is 9.23 Å². The number of unbranched alkanes of at least 4 members (excludes halogenated alkanes) is 1. The van der Waals surface area contributed by atoms with Crippen molar-refractivity contribution in [3.05, 3.63) is 11.6 Å². The third-order valence-corrected chi connectivity index (χ3v) is 1.39. The number of allylic oxidation sites excluding steroid dienone is 1. The largest absolute Gasteiger partial charge is 0.428 e. The van der Waals surface area contributed by atoms with Gasteiger partial charge in [-0.2, -0.15) is 0 Å². The number of hydrogen-bond acceptors (Lipinski definition) is 1. The monoisotopic (exact) mass is 150 g/mol. The van der Waals surface area contributed by atoms with Crippen LogP contribution in [0, 0.1) is 0 Å². The zero-order valence-electron chi connectivity index (χ0n) is 5.06. The highest BCUT2D eigenvalue weighted by Crippen LogP contribution is 1.91. The summed E-state index contributed by atoms with van der Waals surface area (Å²) in [6.07, 6.45) is 4.06. The van der Waals surface area contributed by atoms with E-state index in [0.717, 1.165) is 29.9 Å². The number of hydrogen-bond donors (Lipinski definition) is 0. The third-order valence-electron chi connectivity index (χ3n) is 0.808. The summed E-state index contributed by atoms with van der Waals surface area (Å²) >= 11 is 5.27. The second-order valence-electron chi connectivity index (χ2n) is 1.50. The van der Waals surface area contributed by atoms with Crippen LogP contribution in [0.5, 0.6) is 0 Å². The summed E-state index contributed by atoms with van der Waals surface area (Å²) in [6.45, 7) is 0.882. The molecule has 1 nitrogen and oxygen atoms in total. The van der Waals surface area contributed by atoms with Crippen LogP contribution in [0.3, 0.4) is 0 Å². The molecule has 0 bridgehead atoms. The standard InChI is InChI=1S/C5H11ClOSi/c6-4-2-1-3-5-7-8/h2,4H,1,3,5H2,8H3. The van der Waals surface area contributed by atoms with Crippen LogP contribution in [-0.2, 0) is 4.43 Å². The van der Waals surface area contributed by atoms with Gasteiger partial charge in [-0.05, 0) is 12.8 Å². The van der Waals surface area contributed by atoms with Gasteiger partial charge in [0.15, 0.2) is 0 Å². The summed E-state index contributed by atoms with van der Waals surface area (Å²) < 4.78 is 4.95. The van der Waals surface area contributed by atoms with Gasteiger partial charge in [0, 0.05) is 12.1 Å². The smallest absolute Gasteiger partial charge is 0.145 e. The molecule has 0 aromatic carbocycles. The lowest BCUT2D eigenvalue weighted by molar-refractivity contribution is 0.342. The highest BCUT2D eigenvalue weighted by atomic mass is 35.5. The van der Waals surface area contributed by atoms with Crippen LogP contribution >= 0.6 is 11.6 Å². The van der Waals surface area contributed by atoms with Crippen LogP contribution in [0.4, 0.5) is 0 Å². The molecule has 0 spiro atoms. The minimum atomic E-state index is 0.850. The molecule has 8 heavy (non-hydrogen) atoms. The van der Waals surface area contributed by atoms with Gasteiger partial charge in [0.05, 0.1) is 0 Å². The molecule has 0 aliphatic heterocycles. The van der Waals surface area contributed by atoms with E-state index in [1.807, 2.05) is 6.08 Å². The van der Waals surface area contributed by atoms with Crippen molar-refractivity contribution in [3.63, 3.8) is 0 Å². The Morgan fingerprint density at radius 3 is 2.88 bits per heavy atom. The van der Waals surface area contributed by atoms with Gasteiger partial charge in [0.25, 0.3) is 0 Å². The molecule has 0 aliphatic rings. The Hall–Kier alpha value is 0.207. The zero-order valence-corrected chi connectivity index (χ0v) is 7.82. The summed E-state index contributed by atoms with van der Waals surface area (Å²) in [4.78, 5) is 0. The molecule has 0 radical (unpaired) electrons. The predicted molar refractivity (Wildman–Crippen MR) is 40.1 cm³/mol. The lowest BCUT2D eigenvalue weighted by Gasteiger charge is -1.91. The predicted octanol–water partition coefficient (Wildman–Crippen LogP) is 0.816. The molecule has 3 heteroatoms. The lowest BCUT2D eigenvalue weighted by Crippen LogP contribution is -1.86. The zero-order chi connectivity index (χ0) is 6.24. The minimum absolute atomic E-state index is 0.850. The fraction of sp³-hybridized carbons (Fsp3) is 0.600. The normalized spacial score (nSPS) is 11.1. The number of rotatable bonds is 4. The SMILES string of the molecule is [SiH3]OCCCC=CCl. The second-order valence-corrected chi connectivity index (χ2v) is 2.33. The summed E-state index contributed by atoms with van der Waals surface area (Å²) in [5.41, 5.74) is 1.55. The van der Waals surface area contributed by atoms with Crippen molar-refractivity contribution in [1.82, 2.24) is 0 Å². The third kappa shape index (κ3) is 6.21. The molecule has 0 rings (SSSR count). The van der Waals surface area contributed by atoms with Gasteiger partial charge < -0.3 is 4.43 Å². The van der Waals surface area contributed by atoms with Crippen molar-refractivity contribution in [2.75, 3.05) is 6.61 Å². The van der Waals surface area contributed by atoms with E-state index >= 15 is 0 Å². The van der Waals surface area contributed by atoms with Gasteiger partial charge in [-0.15, -0.1) is 0 Å². The Bertz CT molecular complexity index is 65.4. The van der Waals surface area contributed by atoms with E-state index in [2.05, 4.69) is 0 Å². The van der Waals surface area contributed by atoms with Crippen molar-refractivity contribution in [3.8, 4) is 0 Å². The highest BCUT2D eigenvalue weighted by molar-refractivity contribution is 6.25. The average molecular weight is 151 g/mol. The van der Waals surface area contributed by atoms with Crippen LogP contribution in [0.15, 0.2) is 11.6 Å². The van der Waals surface area contributed by atoms with Gasteiger partial charge in [-0.3, -0.25) is 0 Å². The van der Waals surface area contributed by atoms with Crippen molar-refractivity contribution >= 4 is 22.1 Å². The number of halogens is 1. The van der Waals surface area contributed by atoms with Gasteiger partial charge in [0.1, 0.15) is 10.5 Å². The van der Waals surface area contributed by atoms with Crippen LogP contribution in [-0.4, -0.2) is 17.1 Å². The molecule has 48 valence electrons. The molecule has 0 unspecified atom stereocenters. The first-order valence-corrected chi connectivity index (χ1v) is 3.91. The Morgan fingerprint density at radius 1 is 1.62 bits per heavy atom. The molecule has 0 aliphatic carbocycles. The summed E-state index contributed by atoms with van der Waals surface area (Å²) in [7, 11) is 0.850. The first kappa shape index (κ1) is 8.21. The van der Waals surface area contributed by atoms with E-state index in [1.54, 1.807) is 5.54 Å². The van der Waals surface area contributed by atoms with E-state index in [9.17, 15) is 0 Å². The molecule has 0 heterocycles. The maximum Gasteiger partial charge on any atom is 0.145 e. The Morgan fingerprint density at radius 2 is 2.38 bits per heavy atom. The Kier molecular flexibility index (Phi) is 7.39. The Labute approximate surface area is 58.2 Å². The molecule has 0 aromatic rings. The molecular weight excluding hydrogens is 140 g/mol. The van der Waals surface area contributed by atoms with Crippen molar-refractivity contribution in [2.45, 2.75) is 12.8 Å². The molecular formula is C5H11ClOSi. The Balaban J connectivity index is 2.72. The van der Waals surface area contributed by atoms with Gasteiger partial charge >= 0.3 is 0 Å². The van der Waals surface area contributed by atoms with E-state index in [0.29, 0.717) is 0 Å². The summed E-state index contributed by atoms with van der Waals surface area (Å²) in [5.74, 6) is 0. The minimum Gasteiger partial charge on any atom is -0.428 e. The van der Waals surface area contributed by atoms with Crippen molar-refractivity contribution in [1.29, 1.82) is 0 Å². The average Bonchev–Trinajstić information content (AvgIpc) is 1.81. The molecule has 0 amide bonds. The lowest BCUT2D eigenvalue weighted by atomic mass is 10.3. The maximum atomic E-state index is 5.27. The van der Waals surface area contributed by atoms with Crippen molar-refractivity contribution < 1.29 is 4.43 Å². The molecule has 0 aromatic heterocycles. The summed E-state index contributed by atoms with van der Waals surface area (Å²) in [6, 6.07) is 0. The fourth-order valence-electron chi connectivity index (χ4n) is 0.409.